The van der Waals surface area contributed by atoms with Gasteiger partial charge in [-0.3, -0.25) is 0 Å². The highest BCUT2D eigenvalue weighted by molar-refractivity contribution is 7.90. The van der Waals surface area contributed by atoms with E-state index in [1.807, 2.05) is 6.92 Å². The van der Waals surface area contributed by atoms with Crippen LogP contribution < -0.4 is 0 Å². The number of hydrogen-bond donors (Lipinski definition) is 0. The second-order valence-corrected chi connectivity index (χ2v) is 6.01. The Balaban J connectivity index is 2.79. The quantitative estimate of drug-likeness (QED) is 0.781. The van der Waals surface area contributed by atoms with Crippen molar-refractivity contribution in [3.8, 4) is 0 Å². The van der Waals surface area contributed by atoms with Crippen molar-refractivity contribution in [2.24, 2.45) is 0 Å². The second-order valence-electron chi connectivity index (χ2n) is 3.42. The molecular formula is C8H14ClN3O2S. The van der Waals surface area contributed by atoms with E-state index in [1.54, 1.807) is 4.57 Å². The van der Waals surface area contributed by atoms with E-state index in [9.17, 15) is 8.42 Å². The molecule has 0 saturated carbocycles. The molecule has 1 rings (SSSR count). The van der Waals surface area contributed by atoms with Crippen molar-refractivity contribution in [1.82, 2.24) is 14.8 Å². The van der Waals surface area contributed by atoms with Gasteiger partial charge in [-0.25, -0.2) is 8.42 Å². The molecule has 0 aliphatic heterocycles. The zero-order valence-electron chi connectivity index (χ0n) is 8.77. The molecule has 0 unspecified atom stereocenters. The molecule has 0 amide bonds. The number of aromatic nitrogens is 3. The first kappa shape index (κ1) is 12.4. The Morgan fingerprint density at radius 3 is 2.60 bits per heavy atom. The Morgan fingerprint density at radius 1 is 1.40 bits per heavy atom. The summed E-state index contributed by atoms with van der Waals surface area (Å²) < 4.78 is 23.7. The van der Waals surface area contributed by atoms with Crippen LogP contribution in [0.1, 0.15) is 19.2 Å². The topological polar surface area (TPSA) is 64.8 Å². The lowest BCUT2D eigenvalue weighted by Gasteiger charge is -2.05. The molecule has 5 nitrogen and oxygen atoms in total. The van der Waals surface area contributed by atoms with Crippen molar-refractivity contribution in [3.63, 3.8) is 0 Å². The summed E-state index contributed by atoms with van der Waals surface area (Å²) >= 11 is 5.80. The monoisotopic (exact) mass is 251 g/mol. The molecular weight excluding hydrogens is 238 g/mol. The summed E-state index contributed by atoms with van der Waals surface area (Å²) in [6, 6.07) is 0. The largest absolute Gasteiger partial charge is 0.301 e. The van der Waals surface area contributed by atoms with Gasteiger partial charge in [-0.15, -0.1) is 10.2 Å². The maximum atomic E-state index is 11.0. The summed E-state index contributed by atoms with van der Waals surface area (Å²) in [4.78, 5) is 0. The number of sulfone groups is 1. The van der Waals surface area contributed by atoms with Gasteiger partial charge in [0.25, 0.3) is 0 Å². The lowest BCUT2D eigenvalue weighted by molar-refractivity contribution is 0.591. The van der Waals surface area contributed by atoms with Crippen LogP contribution in [0.2, 0.25) is 5.28 Å². The summed E-state index contributed by atoms with van der Waals surface area (Å²) in [6.45, 7) is 2.34. The highest BCUT2D eigenvalue weighted by Gasteiger charge is 2.11. The Morgan fingerprint density at radius 2 is 2.07 bits per heavy atom. The molecule has 0 radical (unpaired) electrons. The predicted octanol–water partition coefficient (Wildman–Crippen LogP) is 0.929. The van der Waals surface area contributed by atoms with Crippen LogP contribution in [0.3, 0.4) is 0 Å². The molecule has 0 aliphatic rings. The highest BCUT2D eigenvalue weighted by atomic mass is 35.5. The van der Waals surface area contributed by atoms with E-state index in [4.69, 9.17) is 11.6 Å². The van der Waals surface area contributed by atoms with Gasteiger partial charge in [0.05, 0.1) is 5.75 Å². The fraction of sp³-hybridized carbons (Fsp3) is 0.750. The van der Waals surface area contributed by atoms with Gasteiger partial charge in [0.15, 0.2) is 0 Å². The van der Waals surface area contributed by atoms with Crippen molar-refractivity contribution < 1.29 is 8.42 Å². The number of hydrogen-bond acceptors (Lipinski definition) is 4. The van der Waals surface area contributed by atoms with E-state index >= 15 is 0 Å². The minimum absolute atomic E-state index is 0.0570. The normalized spacial score (nSPS) is 11.9. The van der Waals surface area contributed by atoms with Crippen molar-refractivity contribution in [3.05, 3.63) is 11.1 Å². The minimum atomic E-state index is -2.98. The van der Waals surface area contributed by atoms with Crippen molar-refractivity contribution >= 4 is 21.4 Å². The van der Waals surface area contributed by atoms with Crippen LogP contribution in [0.15, 0.2) is 0 Å². The first-order chi connectivity index (χ1) is 6.94. The summed E-state index contributed by atoms with van der Waals surface area (Å²) in [6.07, 6.45) is 2.88. The highest BCUT2D eigenvalue weighted by Crippen LogP contribution is 2.10. The Bertz CT molecular complexity index is 427. The summed E-state index contributed by atoms with van der Waals surface area (Å²) in [5.74, 6) is 0.799. The third kappa shape index (κ3) is 3.79. The molecule has 0 atom stereocenters. The molecule has 0 N–H and O–H groups in total. The molecule has 0 aliphatic carbocycles. The van der Waals surface area contributed by atoms with E-state index in [1.165, 1.54) is 6.26 Å². The van der Waals surface area contributed by atoms with Gasteiger partial charge >= 0.3 is 0 Å². The Kier molecular flexibility index (Phi) is 4.10. The molecule has 86 valence electrons. The molecule has 0 saturated heterocycles. The van der Waals surface area contributed by atoms with Crippen LogP contribution in [0, 0.1) is 0 Å². The molecule has 0 bridgehead atoms. The van der Waals surface area contributed by atoms with Crippen LogP contribution in [0.4, 0.5) is 0 Å². The van der Waals surface area contributed by atoms with Crippen LogP contribution in [-0.4, -0.2) is 35.2 Å². The van der Waals surface area contributed by atoms with Crippen LogP contribution in [0.25, 0.3) is 0 Å². The van der Waals surface area contributed by atoms with E-state index in [0.717, 1.165) is 18.7 Å². The van der Waals surface area contributed by atoms with Crippen LogP contribution >= 0.6 is 11.6 Å². The van der Waals surface area contributed by atoms with Gasteiger partial charge in [-0.05, 0) is 18.0 Å². The molecule has 0 fully saturated rings. The van der Waals surface area contributed by atoms with Gasteiger partial charge in [-0.1, -0.05) is 6.92 Å². The zero-order chi connectivity index (χ0) is 11.5. The molecule has 0 aromatic carbocycles. The SMILES string of the molecule is CCCc1nnc(Cl)n1CCS(C)(=O)=O. The van der Waals surface area contributed by atoms with Gasteiger partial charge in [0.2, 0.25) is 5.28 Å². The second kappa shape index (κ2) is 4.94. The van der Waals surface area contributed by atoms with E-state index in [2.05, 4.69) is 10.2 Å². The van der Waals surface area contributed by atoms with E-state index in [0.29, 0.717) is 6.54 Å². The lowest BCUT2D eigenvalue weighted by atomic mass is 10.3. The standard InChI is InChI=1S/C8H14ClN3O2S/c1-3-4-7-10-11-8(9)12(7)5-6-15(2,13)14/h3-6H2,1-2H3. The first-order valence-corrected chi connectivity index (χ1v) is 7.13. The Hall–Kier alpha value is -0.620. The number of rotatable bonds is 5. The van der Waals surface area contributed by atoms with Gasteiger partial charge in [-0.2, -0.15) is 0 Å². The molecule has 15 heavy (non-hydrogen) atoms. The smallest absolute Gasteiger partial charge is 0.225 e. The van der Waals surface area contributed by atoms with E-state index in [-0.39, 0.29) is 11.0 Å². The van der Waals surface area contributed by atoms with E-state index < -0.39 is 9.84 Å². The zero-order valence-corrected chi connectivity index (χ0v) is 10.3. The van der Waals surface area contributed by atoms with Gasteiger partial charge in [0, 0.05) is 19.2 Å². The van der Waals surface area contributed by atoms with Crippen molar-refractivity contribution in [2.75, 3.05) is 12.0 Å². The molecule has 7 heteroatoms. The van der Waals surface area contributed by atoms with Crippen molar-refractivity contribution in [2.45, 2.75) is 26.3 Å². The maximum absolute atomic E-state index is 11.0. The van der Waals surface area contributed by atoms with Gasteiger partial charge in [0.1, 0.15) is 15.7 Å². The fourth-order valence-corrected chi connectivity index (χ4v) is 1.93. The third-order valence-corrected chi connectivity index (χ3v) is 3.15. The molecule has 1 heterocycles. The summed E-state index contributed by atoms with van der Waals surface area (Å²) in [7, 11) is -2.98. The fourth-order valence-electron chi connectivity index (χ4n) is 1.20. The maximum Gasteiger partial charge on any atom is 0.225 e. The minimum Gasteiger partial charge on any atom is -0.301 e. The number of halogens is 1. The van der Waals surface area contributed by atoms with Crippen LogP contribution in [0.5, 0.6) is 0 Å². The predicted molar refractivity (Wildman–Crippen MR) is 58.7 cm³/mol. The lowest BCUT2D eigenvalue weighted by Crippen LogP contribution is -2.13. The average molecular weight is 252 g/mol. The third-order valence-electron chi connectivity index (χ3n) is 1.94. The molecule has 1 aromatic rings. The summed E-state index contributed by atoms with van der Waals surface area (Å²) in [5, 5.41) is 7.86. The first-order valence-electron chi connectivity index (χ1n) is 4.69. The van der Waals surface area contributed by atoms with Crippen LogP contribution in [-0.2, 0) is 22.8 Å². The molecule has 1 aromatic heterocycles. The average Bonchev–Trinajstić information content (AvgIpc) is 2.44. The van der Waals surface area contributed by atoms with Crippen molar-refractivity contribution in [1.29, 1.82) is 0 Å². The number of nitrogens with zero attached hydrogens (tertiary/aromatic N) is 3. The Labute approximate surface area is 94.4 Å². The summed E-state index contributed by atoms with van der Waals surface area (Å²) in [5.41, 5.74) is 0. The molecule has 0 spiro atoms. The number of aryl methyl sites for hydroxylation is 1. The van der Waals surface area contributed by atoms with Gasteiger partial charge < -0.3 is 4.57 Å².